The number of ether oxygens (including phenoxy) is 1. The Kier molecular flexibility index (Phi) is 9.12. The standard InChI is InChI=1S/C26H36N4O4S/c1-35(33)24-8-4-3-7-23(24)34-19-22(31)18-30(21-11-13-27-14-12-21)25-10-9-20(17-28-25)26(32)29-15-5-2-6-16-29/h3-4,7-10,17,21-22,27,31H,2,5-6,11-16,18-19H2,1H3. The summed E-state index contributed by atoms with van der Waals surface area (Å²) in [6.07, 6.45) is 7.69. The number of para-hydroxylation sites is 1. The number of aliphatic hydroxyl groups excluding tert-OH is 1. The summed E-state index contributed by atoms with van der Waals surface area (Å²) < 4.78 is 17.8. The molecule has 1 amide bonds. The van der Waals surface area contributed by atoms with Crippen molar-refractivity contribution in [1.82, 2.24) is 15.2 Å². The fourth-order valence-corrected chi connectivity index (χ4v) is 5.46. The van der Waals surface area contributed by atoms with Crippen LogP contribution in [0.4, 0.5) is 5.82 Å². The number of benzene rings is 1. The number of piperidine rings is 2. The number of likely N-dealkylation sites (tertiary alicyclic amines) is 1. The van der Waals surface area contributed by atoms with Gasteiger partial charge in [-0.15, -0.1) is 0 Å². The van der Waals surface area contributed by atoms with E-state index in [9.17, 15) is 14.1 Å². The molecule has 0 spiro atoms. The van der Waals surface area contributed by atoms with Crippen LogP contribution in [-0.4, -0.2) is 82.8 Å². The average Bonchev–Trinajstić information content (AvgIpc) is 2.91. The summed E-state index contributed by atoms with van der Waals surface area (Å²) in [6.45, 7) is 3.88. The van der Waals surface area contributed by atoms with Gasteiger partial charge in [-0.05, 0) is 69.5 Å². The van der Waals surface area contributed by atoms with Crippen LogP contribution in [0.15, 0.2) is 47.5 Å². The molecule has 2 atom stereocenters. The first kappa shape index (κ1) is 25.6. The molecule has 35 heavy (non-hydrogen) atoms. The molecular weight excluding hydrogens is 464 g/mol. The van der Waals surface area contributed by atoms with Crippen molar-refractivity contribution in [2.24, 2.45) is 0 Å². The highest BCUT2D eigenvalue weighted by Gasteiger charge is 2.26. The van der Waals surface area contributed by atoms with E-state index in [1.54, 1.807) is 24.6 Å². The highest BCUT2D eigenvalue weighted by Crippen LogP contribution is 2.24. The number of carbonyl (C=O) groups excluding carboxylic acids is 1. The molecule has 4 rings (SSSR count). The van der Waals surface area contributed by atoms with E-state index in [1.807, 2.05) is 29.2 Å². The maximum absolute atomic E-state index is 12.8. The van der Waals surface area contributed by atoms with Crippen molar-refractivity contribution >= 4 is 22.5 Å². The lowest BCUT2D eigenvalue weighted by molar-refractivity contribution is 0.0724. The second kappa shape index (κ2) is 12.5. The molecule has 8 nitrogen and oxygen atoms in total. The van der Waals surface area contributed by atoms with Gasteiger partial charge in [-0.1, -0.05) is 12.1 Å². The van der Waals surface area contributed by atoms with E-state index in [0.29, 0.717) is 22.8 Å². The van der Waals surface area contributed by atoms with Crippen LogP contribution in [0.1, 0.15) is 42.5 Å². The van der Waals surface area contributed by atoms with Crippen molar-refractivity contribution in [2.75, 3.05) is 50.5 Å². The maximum Gasteiger partial charge on any atom is 0.255 e. The fraction of sp³-hybridized carbons (Fsp3) is 0.538. The molecule has 0 bridgehead atoms. The van der Waals surface area contributed by atoms with Gasteiger partial charge in [-0.3, -0.25) is 9.00 Å². The molecule has 2 fully saturated rings. The smallest absolute Gasteiger partial charge is 0.255 e. The number of carbonyl (C=O) groups is 1. The minimum absolute atomic E-state index is 0.0394. The van der Waals surface area contributed by atoms with Gasteiger partial charge in [0.25, 0.3) is 5.91 Å². The molecule has 0 radical (unpaired) electrons. The number of hydrogen-bond donors (Lipinski definition) is 2. The van der Waals surface area contributed by atoms with E-state index in [1.165, 1.54) is 6.42 Å². The summed E-state index contributed by atoms with van der Waals surface area (Å²) in [6, 6.07) is 11.2. The topological polar surface area (TPSA) is 95.0 Å². The maximum atomic E-state index is 12.8. The van der Waals surface area contributed by atoms with Gasteiger partial charge in [-0.2, -0.15) is 0 Å². The lowest BCUT2D eigenvalue weighted by atomic mass is 10.0. The third-order valence-corrected chi connectivity index (χ3v) is 7.64. The van der Waals surface area contributed by atoms with Crippen LogP contribution < -0.4 is 15.0 Å². The van der Waals surface area contributed by atoms with E-state index in [0.717, 1.165) is 57.7 Å². The summed E-state index contributed by atoms with van der Waals surface area (Å²) in [5, 5.41) is 14.3. The summed E-state index contributed by atoms with van der Waals surface area (Å²) in [5.41, 5.74) is 0.606. The molecule has 9 heteroatoms. The van der Waals surface area contributed by atoms with Gasteiger partial charge in [0.05, 0.1) is 21.3 Å². The monoisotopic (exact) mass is 500 g/mol. The molecule has 0 saturated carbocycles. The van der Waals surface area contributed by atoms with Crippen LogP contribution in [0.3, 0.4) is 0 Å². The number of aromatic nitrogens is 1. The molecule has 190 valence electrons. The van der Waals surface area contributed by atoms with Crippen molar-refractivity contribution in [1.29, 1.82) is 0 Å². The summed E-state index contributed by atoms with van der Waals surface area (Å²) in [4.78, 5) is 22.1. The van der Waals surface area contributed by atoms with Crippen LogP contribution in [0.25, 0.3) is 0 Å². The number of nitrogens with one attached hydrogen (secondary N) is 1. The van der Waals surface area contributed by atoms with Gasteiger partial charge in [0.2, 0.25) is 0 Å². The number of amides is 1. The zero-order chi connectivity index (χ0) is 24.6. The SMILES string of the molecule is CS(=O)c1ccccc1OCC(O)CN(c1ccc(C(=O)N2CCCCC2)cn1)C1CCNCC1. The minimum Gasteiger partial charge on any atom is -0.490 e. The lowest BCUT2D eigenvalue weighted by Crippen LogP contribution is -2.47. The predicted octanol–water partition coefficient (Wildman–Crippen LogP) is 2.44. The number of aliphatic hydroxyl groups is 1. The zero-order valence-corrected chi connectivity index (χ0v) is 21.2. The van der Waals surface area contributed by atoms with Crippen molar-refractivity contribution < 1.29 is 18.8 Å². The van der Waals surface area contributed by atoms with Gasteiger partial charge in [-0.25, -0.2) is 4.98 Å². The van der Waals surface area contributed by atoms with Gasteiger partial charge >= 0.3 is 0 Å². The number of rotatable bonds is 9. The number of nitrogens with zero attached hydrogens (tertiary/aromatic N) is 3. The number of anilines is 1. The Morgan fingerprint density at radius 1 is 1.20 bits per heavy atom. The molecule has 2 aliphatic rings. The molecule has 0 aliphatic carbocycles. The zero-order valence-electron chi connectivity index (χ0n) is 20.4. The summed E-state index contributed by atoms with van der Waals surface area (Å²) >= 11 is 0. The summed E-state index contributed by atoms with van der Waals surface area (Å²) in [5.74, 6) is 1.32. The number of hydrogen-bond acceptors (Lipinski definition) is 7. The Morgan fingerprint density at radius 3 is 2.63 bits per heavy atom. The van der Waals surface area contributed by atoms with Gasteiger partial charge < -0.3 is 25.0 Å². The lowest BCUT2D eigenvalue weighted by Gasteiger charge is -2.37. The van der Waals surface area contributed by atoms with Crippen molar-refractivity contribution in [3.8, 4) is 5.75 Å². The average molecular weight is 501 g/mol. The van der Waals surface area contributed by atoms with Crippen molar-refractivity contribution in [3.05, 3.63) is 48.2 Å². The number of pyridine rings is 1. The van der Waals surface area contributed by atoms with Crippen molar-refractivity contribution in [2.45, 2.75) is 49.1 Å². The van der Waals surface area contributed by atoms with Crippen LogP contribution in [-0.2, 0) is 10.8 Å². The van der Waals surface area contributed by atoms with E-state index in [-0.39, 0.29) is 18.6 Å². The Morgan fingerprint density at radius 2 is 1.94 bits per heavy atom. The van der Waals surface area contributed by atoms with E-state index < -0.39 is 16.9 Å². The van der Waals surface area contributed by atoms with Crippen molar-refractivity contribution in [3.63, 3.8) is 0 Å². The van der Waals surface area contributed by atoms with Crippen LogP contribution in [0, 0.1) is 0 Å². The van der Waals surface area contributed by atoms with Crippen LogP contribution in [0.5, 0.6) is 5.75 Å². The van der Waals surface area contributed by atoms with Gasteiger partial charge in [0.15, 0.2) is 0 Å². The molecular formula is C26H36N4O4S. The molecule has 2 N–H and O–H groups in total. The van der Waals surface area contributed by atoms with E-state index in [2.05, 4.69) is 15.2 Å². The molecule has 1 aromatic carbocycles. The molecule has 2 aliphatic heterocycles. The summed E-state index contributed by atoms with van der Waals surface area (Å²) in [7, 11) is -1.17. The largest absolute Gasteiger partial charge is 0.490 e. The first-order valence-corrected chi connectivity index (χ1v) is 14.0. The second-order valence-corrected chi connectivity index (χ2v) is 10.6. The Labute approximate surface area is 210 Å². The molecule has 2 saturated heterocycles. The third kappa shape index (κ3) is 6.80. The molecule has 3 heterocycles. The highest BCUT2D eigenvalue weighted by atomic mass is 32.2. The Balaban J connectivity index is 1.44. The first-order valence-electron chi connectivity index (χ1n) is 12.5. The molecule has 1 aromatic heterocycles. The van der Waals surface area contributed by atoms with E-state index in [4.69, 9.17) is 4.74 Å². The second-order valence-electron chi connectivity index (χ2n) is 9.26. The minimum atomic E-state index is -1.17. The fourth-order valence-electron chi connectivity index (χ4n) is 4.78. The van der Waals surface area contributed by atoms with E-state index >= 15 is 0 Å². The highest BCUT2D eigenvalue weighted by molar-refractivity contribution is 7.84. The molecule has 2 aromatic rings. The normalized spacial score (nSPS) is 18.6. The molecule has 2 unspecified atom stereocenters. The van der Waals surface area contributed by atoms with Crippen LogP contribution >= 0.6 is 0 Å². The van der Waals surface area contributed by atoms with Crippen LogP contribution in [0.2, 0.25) is 0 Å². The first-order chi connectivity index (χ1) is 17.0. The Bertz CT molecular complexity index is 991. The third-order valence-electron chi connectivity index (χ3n) is 6.68. The van der Waals surface area contributed by atoms with Gasteiger partial charge in [0.1, 0.15) is 24.3 Å². The van der Waals surface area contributed by atoms with Gasteiger partial charge in [0, 0.05) is 38.1 Å². The Hall–Kier alpha value is -2.49. The predicted molar refractivity (Wildman–Crippen MR) is 138 cm³/mol. The quantitative estimate of drug-likeness (QED) is 0.546.